The van der Waals surface area contributed by atoms with Crippen molar-refractivity contribution in [3.63, 3.8) is 0 Å². The molecular weight excluding hydrogens is 294 g/mol. The minimum absolute atomic E-state index is 0.109. The molecule has 0 aromatic heterocycles. The highest BCUT2D eigenvalue weighted by atomic mass is 32.2. The van der Waals surface area contributed by atoms with Crippen LogP contribution in [0.5, 0.6) is 0 Å². The first-order valence-corrected chi connectivity index (χ1v) is 7.11. The minimum Gasteiger partial charge on any atom is -0.465 e. The average Bonchev–Trinajstić information content (AvgIpc) is 2.35. The second-order valence-corrected chi connectivity index (χ2v) is 5.33. The number of rotatable bonds is 5. The van der Waals surface area contributed by atoms with Gasteiger partial charge in [-0.3, -0.25) is 4.31 Å². The van der Waals surface area contributed by atoms with Gasteiger partial charge in [0.2, 0.25) is 0 Å². The maximum atomic E-state index is 14.2. The highest BCUT2D eigenvalue weighted by molar-refractivity contribution is 7.90. The van der Waals surface area contributed by atoms with Gasteiger partial charge >= 0.3 is 5.97 Å². The van der Waals surface area contributed by atoms with Crippen LogP contribution in [-0.2, 0) is 14.9 Å². The first-order chi connectivity index (χ1) is 9.23. The molecule has 0 fully saturated rings. The van der Waals surface area contributed by atoms with Crippen molar-refractivity contribution in [1.82, 2.24) is 0 Å². The molecule has 0 aliphatic carbocycles. The zero-order valence-corrected chi connectivity index (χ0v) is 11.7. The van der Waals surface area contributed by atoms with Crippen LogP contribution in [0.1, 0.15) is 23.7 Å². The van der Waals surface area contributed by atoms with Gasteiger partial charge in [-0.05, 0) is 18.6 Å². The molecule has 1 rings (SSSR count). The Bertz CT molecular complexity index is 619. The standard InChI is InChI=1S/C11H14F2N2O4S/c1-3-6-15(20(14,17)18)8-5-4-7(12)9(10(8)13)11(16)19-2/h4-5H,3,6H2,1-2H3,(H2,14,17,18). The lowest BCUT2D eigenvalue weighted by Crippen LogP contribution is -2.38. The molecule has 9 heteroatoms. The Balaban J connectivity index is 3.49. The summed E-state index contributed by atoms with van der Waals surface area (Å²) in [5.41, 5.74) is -1.47. The molecule has 0 bridgehead atoms. The van der Waals surface area contributed by atoms with Gasteiger partial charge in [0.1, 0.15) is 11.4 Å². The minimum atomic E-state index is -4.25. The zero-order valence-electron chi connectivity index (χ0n) is 10.9. The van der Waals surface area contributed by atoms with Crippen molar-refractivity contribution in [2.24, 2.45) is 5.14 Å². The number of ether oxygens (including phenoxy) is 1. The van der Waals surface area contributed by atoms with Gasteiger partial charge in [-0.25, -0.2) is 18.7 Å². The number of nitrogens with zero attached hydrogens (tertiary/aromatic N) is 1. The smallest absolute Gasteiger partial charge is 0.343 e. The van der Waals surface area contributed by atoms with Crippen LogP contribution in [0.15, 0.2) is 12.1 Å². The predicted octanol–water partition coefficient (Wildman–Crippen LogP) is 1.17. The van der Waals surface area contributed by atoms with E-state index in [2.05, 4.69) is 4.74 Å². The summed E-state index contributed by atoms with van der Waals surface area (Å²) in [7, 11) is -3.29. The van der Waals surface area contributed by atoms with Gasteiger partial charge in [0.05, 0.1) is 12.8 Å². The molecule has 0 amide bonds. The van der Waals surface area contributed by atoms with Crippen molar-refractivity contribution in [1.29, 1.82) is 0 Å². The Morgan fingerprint density at radius 1 is 1.40 bits per heavy atom. The SMILES string of the molecule is CCCN(c1ccc(F)c(C(=O)OC)c1F)S(N)(=O)=O. The van der Waals surface area contributed by atoms with Crippen molar-refractivity contribution >= 4 is 21.9 Å². The Morgan fingerprint density at radius 2 is 2.00 bits per heavy atom. The zero-order chi connectivity index (χ0) is 15.5. The fourth-order valence-corrected chi connectivity index (χ4v) is 2.46. The second kappa shape index (κ2) is 6.14. The summed E-state index contributed by atoms with van der Waals surface area (Å²) in [6.07, 6.45) is 0.348. The number of esters is 1. The van der Waals surface area contributed by atoms with E-state index in [0.717, 1.165) is 19.2 Å². The Hall–Kier alpha value is -1.74. The predicted molar refractivity (Wildman–Crippen MR) is 68.4 cm³/mol. The summed E-state index contributed by atoms with van der Waals surface area (Å²) in [5, 5.41) is 4.98. The fourth-order valence-electron chi connectivity index (χ4n) is 1.61. The molecule has 112 valence electrons. The molecule has 0 atom stereocenters. The third kappa shape index (κ3) is 3.23. The number of methoxy groups -OCH3 is 1. The number of benzene rings is 1. The van der Waals surface area contributed by atoms with Crippen molar-refractivity contribution in [3.8, 4) is 0 Å². The van der Waals surface area contributed by atoms with Gasteiger partial charge < -0.3 is 4.74 Å². The number of hydrogen-bond acceptors (Lipinski definition) is 4. The van der Waals surface area contributed by atoms with Gasteiger partial charge in [0.25, 0.3) is 10.2 Å². The molecule has 0 radical (unpaired) electrons. The van der Waals surface area contributed by atoms with Gasteiger partial charge in [-0.2, -0.15) is 8.42 Å². The average molecular weight is 308 g/mol. The highest BCUT2D eigenvalue weighted by Gasteiger charge is 2.27. The number of carbonyl (C=O) groups is 1. The lowest BCUT2D eigenvalue weighted by atomic mass is 10.1. The summed E-state index contributed by atoms with van der Waals surface area (Å²) in [5.74, 6) is -3.73. The first kappa shape index (κ1) is 16.3. The van der Waals surface area contributed by atoms with E-state index in [1.807, 2.05) is 0 Å². The van der Waals surface area contributed by atoms with Crippen LogP contribution < -0.4 is 9.44 Å². The van der Waals surface area contributed by atoms with E-state index in [-0.39, 0.29) is 6.54 Å². The molecule has 20 heavy (non-hydrogen) atoms. The summed E-state index contributed by atoms with van der Waals surface area (Å²) in [6, 6.07) is 1.68. The third-order valence-corrected chi connectivity index (χ3v) is 3.46. The van der Waals surface area contributed by atoms with Crippen LogP contribution in [0.2, 0.25) is 0 Å². The molecule has 0 heterocycles. The Kier molecular flexibility index (Phi) is 5.01. The fraction of sp³-hybridized carbons (Fsp3) is 0.364. The maximum absolute atomic E-state index is 14.2. The molecule has 0 spiro atoms. The molecule has 1 aromatic carbocycles. The van der Waals surface area contributed by atoms with Crippen LogP contribution in [0.4, 0.5) is 14.5 Å². The Morgan fingerprint density at radius 3 is 2.45 bits per heavy atom. The third-order valence-electron chi connectivity index (χ3n) is 2.46. The van der Waals surface area contributed by atoms with E-state index < -0.39 is 39.1 Å². The second-order valence-electron chi connectivity index (χ2n) is 3.86. The van der Waals surface area contributed by atoms with Gasteiger partial charge in [0, 0.05) is 6.54 Å². The van der Waals surface area contributed by atoms with Crippen molar-refractivity contribution in [2.75, 3.05) is 18.0 Å². The van der Waals surface area contributed by atoms with Crippen LogP contribution in [-0.4, -0.2) is 28.0 Å². The molecule has 0 aliphatic rings. The summed E-state index contributed by atoms with van der Waals surface area (Å²) >= 11 is 0. The van der Waals surface area contributed by atoms with Crippen molar-refractivity contribution in [3.05, 3.63) is 29.3 Å². The molecular formula is C11H14F2N2O4S. The van der Waals surface area contributed by atoms with E-state index in [1.165, 1.54) is 0 Å². The molecule has 6 nitrogen and oxygen atoms in total. The molecule has 0 unspecified atom stereocenters. The van der Waals surface area contributed by atoms with E-state index in [0.29, 0.717) is 10.7 Å². The quantitative estimate of drug-likeness (QED) is 0.827. The monoisotopic (exact) mass is 308 g/mol. The summed E-state index contributed by atoms with van der Waals surface area (Å²) in [6.45, 7) is 1.54. The maximum Gasteiger partial charge on any atom is 0.343 e. The van der Waals surface area contributed by atoms with E-state index in [4.69, 9.17) is 5.14 Å². The molecule has 2 N–H and O–H groups in total. The number of anilines is 1. The van der Waals surface area contributed by atoms with E-state index in [1.54, 1.807) is 6.92 Å². The number of halogens is 2. The molecule has 0 saturated heterocycles. The van der Waals surface area contributed by atoms with Gasteiger partial charge in [-0.1, -0.05) is 6.92 Å². The van der Waals surface area contributed by atoms with Crippen LogP contribution in [0.25, 0.3) is 0 Å². The van der Waals surface area contributed by atoms with E-state index in [9.17, 15) is 22.0 Å². The topological polar surface area (TPSA) is 89.7 Å². The van der Waals surface area contributed by atoms with Gasteiger partial charge in [-0.15, -0.1) is 0 Å². The first-order valence-electron chi connectivity index (χ1n) is 5.60. The van der Waals surface area contributed by atoms with Crippen molar-refractivity contribution in [2.45, 2.75) is 13.3 Å². The number of hydrogen-bond donors (Lipinski definition) is 1. The molecule has 1 aromatic rings. The van der Waals surface area contributed by atoms with Gasteiger partial charge in [0.15, 0.2) is 5.82 Å². The van der Waals surface area contributed by atoms with Crippen LogP contribution in [0, 0.1) is 11.6 Å². The lowest BCUT2D eigenvalue weighted by Gasteiger charge is -2.22. The van der Waals surface area contributed by atoms with Crippen LogP contribution >= 0.6 is 0 Å². The molecule has 0 saturated carbocycles. The summed E-state index contributed by atoms with van der Waals surface area (Å²) < 4.78 is 55.3. The van der Waals surface area contributed by atoms with E-state index >= 15 is 0 Å². The summed E-state index contributed by atoms with van der Waals surface area (Å²) in [4.78, 5) is 11.3. The highest BCUT2D eigenvalue weighted by Crippen LogP contribution is 2.26. The normalized spacial score (nSPS) is 11.2. The molecule has 0 aliphatic heterocycles. The number of nitrogens with two attached hydrogens (primary N) is 1. The Labute approximate surface area is 115 Å². The largest absolute Gasteiger partial charge is 0.465 e. The van der Waals surface area contributed by atoms with Crippen LogP contribution in [0.3, 0.4) is 0 Å². The number of carbonyl (C=O) groups excluding carboxylic acids is 1. The lowest BCUT2D eigenvalue weighted by molar-refractivity contribution is 0.0590. The van der Waals surface area contributed by atoms with Crippen molar-refractivity contribution < 1.29 is 26.7 Å².